The van der Waals surface area contributed by atoms with Crippen LogP contribution in [0, 0.1) is 0 Å². The Morgan fingerprint density at radius 2 is 2.13 bits per heavy atom. The Morgan fingerprint density at radius 1 is 1.40 bits per heavy atom. The molecular weight excluding hydrogens is 186 g/mol. The van der Waals surface area contributed by atoms with Crippen LogP contribution >= 0.6 is 0 Å². The van der Waals surface area contributed by atoms with Gasteiger partial charge in [-0.05, 0) is 29.5 Å². The summed E-state index contributed by atoms with van der Waals surface area (Å²) in [6.07, 6.45) is 2.38. The summed E-state index contributed by atoms with van der Waals surface area (Å²) in [7, 11) is 1.92. The van der Waals surface area contributed by atoms with E-state index in [2.05, 4.69) is 37.4 Å². The summed E-state index contributed by atoms with van der Waals surface area (Å²) in [5.74, 6) is 0.539. The first kappa shape index (κ1) is 11.8. The zero-order chi connectivity index (χ0) is 11.3. The largest absolute Gasteiger partial charge is 0.388 e. The number of anilines is 1. The van der Waals surface area contributed by atoms with E-state index in [-0.39, 0.29) is 0 Å². The van der Waals surface area contributed by atoms with Crippen molar-refractivity contribution < 1.29 is 4.79 Å². The molecule has 0 aliphatic heterocycles. The van der Waals surface area contributed by atoms with Crippen LogP contribution in [0.5, 0.6) is 0 Å². The van der Waals surface area contributed by atoms with Gasteiger partial charge in [0.15, 0.2) is 0 Å². The molecule has 0 spiro atoms. The number of aldehydes is 1. The third-order valence-corrected chi connectivity index (χ3v) is 2.60. The maximum atomic E-state index is 10.3. The number of hydrogen-bond acceptors (Lipinski definition) is 2. The first-order chi connectivity index (χ1) is 7.19. The van der Waals surface area contributed by atoms with Gasteiger partial charge in [-0.15, -0.1) is 0 Å². The minimum atomic E-state index is 0.539. The Hall–Kier alpha value is -1.31. The lowest BCUT2D eigenvalue weighted by molar-refractivity contribution is -0.107. The van der Waals surface area contributed by atoms with Gasteiger partial charge in [-0.3, -0.25) is 0 Å². The summed E-state index contributed by atoms with van der Waals surface area (Å²) >= 11 is 0. The fourth-order valence-electron chi connectivity index (χ4n) is 1.62. The van der Waals surface area contributed by atoms with Gasteiger partial charge in [0.05, 0.1) is 0 Å². The van der Waals surface area contributed by atoms with E-state index in [0.717, 1.165) is 18.4 Å². The Balaban J connectivity index is 2.92. The highest BCUT2D eigenvalue weighted by atomic mass is 16.1. The molecule has 0 amide bonds. The van der Waals surface area contributed by atoms with Crippen molar-refractivity contribution in [3.63, 3.8) is 0 Å². The van der Waals surface area contributed by atoms with Gasteiger partial charge in [0.1, 0.15) is 6.29 Å². The number of hydrogen-bond donors (Lipinski definition) is 1. The highest BCUT2D eigenvalue weighted by Gasteiger charge is 2.04. The van der Waals surface area contributed by atoms with Crippen molar-refractivity contribution in [2.75, 3.05) is 12.4 Å². The van der Waals surface area contributed by atoms with Crippen LogP contribution in [0.4, 0.5) is 5.69 Å². The SMILES string of the molecule is CNc1cc(C(C)C)ccc1CCC=O. The summed E-state index contributed by atoms with van der Waals surface area (Å²) in [6.45, 7) is 4.36. The Bertz CT molecular complexity index is 331. The normalized spacial score (nSPS) is 10.4. The van der Waals surface area contributed by atoms with Gasteiger partial charge in [-0.1, -0.05) is 26.0 Å². The second-order valence-electron chi connectivity index (χ2n) is 4.03. The lowest BCUT2D eigenvalue weighted by Crippen LogP contribution is -1.98. The summed E-state index contributed by atoms with van der Waals surface area (Å²) in [5, 5.41) is 3.18. The van der Waals surface area contributed by atoms with Crippen LogP contribution in [-0.4, -0.2) is 13.3 Å². The van der Waals surface area contributed by atoms with E-state index < -0.39 is 0 Å². The summed E-state index contributed by atoms with van der Waals surface area (Å²) in [6, 6.07) is 6.43. The van der Waals surface area contributed by atoms with Crippen LogP contribution < -0.4 is 5.32 Å². The van der Waals surface area contributed by atoms with Gasteiger partial charge >= 0.3 is 0 Å². The summed E-state index contributed by atoms with van der Waals surface area (Å²) < 4.78 is 0. The van der Waals surface area contributed by atoms with Crippen molar-refractivity contribution in [1.29, 1.82) is 0 Å². The minimum absolute atomic E-state index is 0.539. The van der Waals surface area contributed by atoms with Crippen LogP contribution in [0.3, 0.4) is 0 Å². The molecule has 0 heterocycles. The highest BCUT2D eigenvalue weighted by Crippen LogP contribution is 2.23. The van der Waals surface area contributed by atoms with E-state index in [4.69, 9.17) is 0 Å². The Kier molecular flexibility index (Phi) is 4.35. The molecule has 0 saturated carbocycles. The van der Waals surface area contributed by atoms with E-state index >= 15 is 0 Å². The van der Waals surface area contributed by atoms with Crippen LogP contribution in [0.25, 0.3) is 0 Å². The van der Waals surface area contributed by atoms with Gasteiger partial charge in [0.2, 0.25) is 0 Å². The molecule has 0 saturated heterocycles. The molecule has 0 aliphatic rings. The maximum absolute atomic E-state index is 10.3. The van der Waals surface area contributed by atoms with Gasteiger partial charge in [0, 0.05) is 19.2 Å². The average molecular weight is 205 g/mol. The molecule has 0 aliphatic carbocycles. The van der Waals surface area contributed by atoms with Crippen LogP contribution in [-0.2, 0) is 11.2 Å². The molecule has 82 valence electrons. The van der Waals surface area contributed by atoms with Crippen LogP contribution in [0.1, 0.15) is 37.3 Å². The minimum Gasteiger partial charge on any atom is -0.388 e. The van der Waals surface area contributed by atoms with Crippen LogP contribution in [0.2, 0.25) is 0 Å². The molecule has 1 rings (SSSR count). The van der Waals surface area contributed by atoms with E-state index in [0.29, 0.717) is 12.3 Å². The number of carbonyl (C=O) groups excluding carboxylic acids is 1. The second-order valence-corrected chi connectivity index (χ2v) is 4.03. The Labute approximate surface area is 91.7 Å². The number of nitrogens with one attached hydrogen (secondary N) is 1. The molecule has 15 heavy (non-hydrogen) atoms. The third kappa shape index (κ3) is 3.08. The van der Waals surface area contributed by atoms with Crippen molar-refractivity contribution >= 4 is 12.0 Å². The first-order valence-corrected chi connectivity index (χ1v) is 5.43. The lowest BCUT2D eigenvalue weighted by Gasteiger charge is -2.12. The van der Waals surface area contributed by atoms with Gasteiger partial charge in [-0.25, -0.2) is 0 Å². The fourth-order valence-corrected chi connectivity index (χ4v) is 1.62. The molecule has 0 unspecified atom stereocenters. The molecule has 1 N–H and O–H groups in total. The zero-order valence-electron chi connectivity index (χ0n) is 9.71. The summed E-state index contributed by atoms with van der Waals surface area (Å²) in [4.78, 5) is 10.3. The van der Waals surface area contributed by atoms with E-state index in [1.165, 1.54) is 11.1 Å². The molecule has 0 atom stereocenters. The molecule has 0 fully saturated rings. The maximum Gasteiger partial charge on any atom is 0.120 e. The first-order valence-electron chi connectivity index (χ1n) is 5.43. The second kappa shape index (κ2) is 5.54. The molecule has 2 nitrogen and oxygen atoms in total. The lowest BCUT2D eigenvalue weighted by atomic mass is 9.98. The van der Waals surface area contributed by atoms with Crippen molar-refractivity contribution in [3.05, 3.63) is 29.3 Å². The Morgan fingerprint density at radius 3 is 2.67 bits per heavy atom. The fraction of sp³-hybridized carbons (Fsp3) is 0.462. The van der Waals surface area contributed by atoms with E-state index in [9.17, 15) is 4.79 Å². The van der Waals surface area contributed by atoms with Crippen LogP contribution in [0.15, 0.2) is 18.2 Å². The molecule has 2 heteroatoms. The monoisotopic (exact) mass is 205 g/mol. The predicted molar refractivity (Wildman–Crippen MR) is 64.5 cm³/mol. The third-order valence-electron chi connectivity index (χ3n) is 2.60. The van der Waals surface area contributed by atoms with E-state index in [1.807, 2.05) is 7.05 Å². The van der Waals surface area contributed by atoms with Crippen molar-refractivity contribution in [1.82, 2.24) is 0 Å². The number of benzene rings is 1. The average Bonchev–Trinajstić information content (AvgIpc) is 2.25. The molecule has 0 aromatic heterocycles. The molecule has 0 bridgehead atoms. The van der Waals surface area contributed by atoms with Gasteiger partial charge < -0.3 is 10.1 Å². The quantitative estimate of drug-likeness (QED) is 0.749. The van der Waals surface area contributed by atoms with Gasteiger partial charge in [-0.2, -0.15) is 0 Å². The smallest absolute Gasteiger partial charge is 0.120 e. The molecule has 1 aromatic carbocycles. The number of aryl methyl sites for hydroxylation is 1. The topological polar surface area (TPSA) is 29.1 Å². The van der Waals surface area contributed by atoms with Crippen molar-refractivity contribution in [3.8, 4) is 0 Å². The van der Waals surface area contributed by atoms with Gasteiger partial charge in [0.25, 0.3) is 0 Å². The molecular formula is C13H19NO. The number of rotatable bonds is 5. The zero-order valence-corrected chi connectivity index (χ0v) is 9.71. The highest BCUT2D eigenvalue weighted by molar-refractivity contribution is 5.56. The van der Waals surface area contributed by atoms with E-state index in [1.54, 1.807) is 0 Å². The standard InChI is InChI=1S/C13H19NO/c1-10(2)12-7-6-11(5-4-8-15)13(9-12)14-3/h6-10,14H,4-5H2,1-3H3. The predicted octanol–water partition coefficient (Wildman–Crippen LogP) is 2.98. The molecule has 1 aromatic rings. The summed E-state index contributed by atoms with van der Waals surface area (Å²) in [5.41, 5.74) is 3.69. The van der Waals surface area contributed by atoms with Crippen molar-refractivity contribution in [2.45, 2.75) is 32.6 Å². The number of carbonyl (C=O) groups is 1. The molecule has 0 radical (unpaired) electrons. The van der Waals surface area contributed by atoms with Crippen molar-refractivity contribution in [2.24, 2.45) is 0 Å².